The van der Waals surface area contributed by atoms with Gasteiger partial charge in [-0.05, 0) is 30.3 Å². The van der Waals surface area contributed by atoms with Gasteiger partial charge in [0.25, 0.3) is 15.2 Å². The first kappa shape index (κ1) is 18.0. The van der Waals surface area contributed by atoms with Crippen LogP contribution < -0.4 is 0 Å². The first-order valence-corrected chi connectivity index (χ1v) is 9.90. The Morgan fingerprint density at radius 1 is 1.16 bits per heavy atom. The summed E-state index contributed by atoms with van der Waals surface area (Å²) in [4.78, 5) is 0. The summed E-state index contributed by atoms with van der Waals surface area (Å²) in [6, 6.07) is 10.1. The third-order valence-corrected chi connectivity index (χ3v) is 5.95. The Bertz CT molecular complexity index is 982. The molecule has 3 rings (SSSR count). The van der Waals surface area contributed by atoms with Gasteiger partial charge >= 0.3 is 0 Å². The van der Waals surface area contributed by atoms with Crippen molar-refractivity contribution < 1.29 is 17.3 Å². The van der Waals surface area contributed by atoms with Gasteiger partial charge in [-0.15, -0.1) is 10.2 Å². The van der Waals surface area contributed by atoms with Gasteiger partial charge in [0.05, 0.1) is 5.75 Å². The molecular formula is C15H14ClN3O4S2. The molecule has 25 heavy (non-hydrogen) atoms. The zero-order chi connectivity index (χ0) is 18.0. The number of benzene rings is 1. The highest BCUT2D eigenvalue weighted by atomic mass is 35.5. The Labute approximate surface area is 154 Å². The van der Waals surface area contributed by atoms with Crippen LogP contribution in [0, 0.1) is 0 Å². The molecule has 1 aromatic carbocycles. The third-order valence-electron chi connectivity index (χ3n) is 3.19. The molecule has 0 bridgehead atoms. The summed E-state index contributed by atoms with van der Waals surface area (Å²) in [6.07, 6.45) is 0. The summed E-state index contributed by atoms with van der Waals surface area (Å²) in [5, 5.41) is 8.76. The Morgan fingerprint density at radius 2 is 1.96 bits per heavy atom. The maximum absolute atomic E-state index is 12.0. The second-order valence-corrected chi connectivity index (χ2v) is 8.63. The van der Waals surface area contributed by atoms with Gasteiger partial charge in [-0.25, -0.2) is 12.7 Å². The van der Waals surface area contributed by atoms with Gasteiger partial charge in [0, 0.05) is 24.7 Å². The molecule has 0 aliphatic carbocycles. The van der Waals surface area contributed by atoms with E-state index in [-0.39, 0.29) is 5.09 Å². The monoisotopic (exact) mass is 399 g/mol. The van der Waals surface area contributed by atoms with Gasteiger partial charge in [0.1, 0.15) is 5.76 Å². The highest BCUT2D eigenvalue weighted by Gasteiger charge is 2.21. The minimum absolute atomic E-state index is 0.0988. The van der Waals surface area contributed by atoms with Gasteiger partial charge < -0.3 is 8.83 Å². The predicted molar refractivity (Wildman–Crippen MR) is 93.9 cm³/mol. The van der Waals surface area contributed by atoms with Crippen molar-refractivity contribution in [3.63, 3.8) is 0 Å². The van der Waals surface area contributed by atoms with Crippen molar-refractivity contribution in [1.29, 1.82) is 0 Å². The standard InChI is InChI=1S/C15H14ClN3O4S2/c1-19(2)25(20,21)13-7-6-12(22-13)9-24-15-18-17-14(23-15)10-4-3-5-11(16)8-10/h3-8H,9H2,1-2H3. The maximum atomic E-state index is 12.0. The van der Waals surface area contributed by atoms with Crippen molar-refractivity contribution in [2.75, 3.05) is 14.1 Å². The number of thioether (sulfide) groups is 1. The lowest BCUT2D eigenvalue weighted by Crippen LogP contribution is -2.21. The van der Waals surface area contributed by atoms with E-state index < -0.39 is 10.0 Å². The summed E-state index contributed by atoms with van der Waals surface area (Å²) in [5.74, 6) is 1.22. The van der Waals surface area contributed by atoms with Crippen molar-refractivity contribution in [3.05, 3.63) is 47.2 Å². The molecule has 10 heteroatoms. The lowest BCUT2D eigenvalue weighted by Gasteiger charge is -2.07. The van der Waals surface area contributed by atoms with Crippen LogP contribution in [0.25, 0.3) is 11.5 Å². The second kappa shape index (κ2) is 7.20. The van der Waals surface area contributed by atoms with Gasteiger partial charge in [-0.2, -0.15) is 0 Å². The Kier molecular flexibility index (Phi) is 5.19. The van der Waals surface area contributed by atoms with E-state index in [0.29, 0.717) is 27.6 Å². The zero-order valence-electron chi connectivity index (χ0n) is 13.3. The van der Waals surface area contributed by atoms with Crippen LogP contribution in [0.1, 0.15) is 5.76 Å². The van der Waals surface area contributed by atoms with Crippen LogP contribution in [0.15, 0.2) is 55.5 Å². The number of nitrogens with zero attached hydrogens (tertiary/aromatic N) is 3. The maximum Gasteiger partial charge on any atom is 0.277 e. The lowest BCUT2D eigenvalue weighted by atomic mass is 10.2. The van der Waals surface area contributed by atoms with Crippen molar-refractivity contribution in [1.82, 2.24) is 14.5 Å². The fourth-order valence-electron chi connectivity index (χ4n) is 1.89. The Morgan fingerprint density at radius 3 is 2.68 bits per heavy atom. The molecule has 0 saturated carbocycles. The van der Waals surface area contributed by atoms with E-state index in [0.717, 1.165) is 9.87 Å². The van der Waals surface area contributed by atoms with E-state index in [9.17, 15) is 8.42 Å². The van der Waals surface area contributed by atoms with Crippen LogP contribution in [0.5, 0.6) is 0 Å². The van der Waals surface area contributed by atoms with E-state index in [1.165, 1.54) is 31.9 Å². The molecule has 0 aliphatic heterocycles. The number of sulfonamides is 1. The van der Waals surface area contributed by atoms with Gasteiger partial charge in [0.2, 0.25) is 11.0 Å². The topological polar surface area (TPSA) is 89.4 Å². The fraction of sp³-hybridized carbons (Fsp3) is 0.200. The molecule has 0 radical (unpaired) electrons. The summed E-state index contributed by atoms with van der Waals surface area (Å²) in [7, 11) is -0.688. The number of hydrogen-bond donors (Lipinski definition) is 0. The molecule has 0 unspecified atom stereocenters. The molecule has 2 heterocycles. The molecule has 0 amide bonds. The van der Waals surface area contributed by atoms with Crippen molar-refractivity contribution in [3.8, 4) is 11.5 Å². The second-order valence-electron chi connectivity index (χ2n) is 5.18. The molecule has 0 saturated heterocycles. The lowest BCUT2D eigenvalue weighted by molar-refractivity contribution is 0.407. The van der Waals surface area contributed by atoms with Crippen molar-refractivity contribution in [2.24, 2.45) is 0 Å². The molecule has 0 spiro atoms. The van der Waals surface area contributed by atoms with Crippen LogP contribution in [0.4, 0.5) is 0 Å². The molecule has 0 N–H and O–H groups in total. The minimum atomic E-state index is -3.58. The van der Waals surface area contributed by atoms with Crippen LogP contribution in [0.3, 0.4) is 0 Å². The SMILES string of the molecule is CN(C)S(=O)(=O)c1ccc(CSc2nnc(-c3cccc(Cl)c3)o2)o1. The third kappa shape index (κ3) is 4.06. The normalized spacial score (nSPS) is 12.0. The molecule has 7 nitrogen and oxygen atoms in total. The average Bonchev–Trinajstić information content (AvgIpc) is 3.22. The average molecular weight is 400 g/mol. The van der Waals surface area contributed by atoms with Crippen LogP contribution in [-0.4, -0.2) is 37.0 Å². The van der Waals surface area contributed by atoms with Gasteiger partial charge in [-0.1, -0.05) is 29.4 Å². The number of rotatable bonds is 6. The van der Waals surface area contributed by atoms with Crippen LogP contribution in [0.2, 0.25) is 5.02 Å². The number of furan rings is 1. The Hall–Kier alpha value is -1.81. The fourth-order valence-corrected chi connectivity index (χ4v) is 3.55. The highest BCUT2D eigenvalue weighted by molar-refractivity contribution is 7.98. The van der Waals surface area contributed by atoms with Crippen molar-refractivity contribution >= 4 is 33.4 Å². The first-order valence-electron chi connectivity index (χ1n) is 7.10. The molecule has 3 aromatic rings. The quantitative estimate of drug-likeness (QED) is 0.585. The summed E-state index contributed by atoms with van der Waals surface area (Å²) >= 11 is 7.19. The van der Waals surface area contributed by atoms with Crippen LogP contribution in [-0.2, 0) is 15.8 Å². The molecular weight excluding hydrogens is 386 g/mol. The molecule has 0 atom stereocenters. The number of hydrogen-bond acceptors (Lipinski definition) is 7. The molecule has 2 aromatic heterocycles. The van der Waals surface area contributed by atoms with E-state index in [1.54, 1.807) is 24.3 Å². The van der Waals surface area contributed by atoms with Crippen LogP contribution >= 0.6 is 23.4 Å². The molecule has 0 aliphatic rings. The van der Waals surface area contributed by atoms with E-state index in [2.05, 4.69) is 10.2 Å². The molecule has 132 valence electrons. The van der Waals surface area contributed by atoms with E-state index >= 15 is 0 Å². The Balaban J connectivity index is 1.68. The van der Waals surface area contributed by atoms with Gasteiger partial charge in [0.15, 0.2) is 0 Å². The number of aromatic nitrogens is 2. The minimum Gasteiger partial charge on any atom is -0.447 e. The first-order chi connectivity index (χ1) is 11.9. The zero-order valence-corrected chi connectivity index (χ0v) is 15.7. The summed E-state index contributed by atoms with van der Waals surface area (Å²) in [5.41, 5.74) is 0.726. The van der Waals surface area contributed by atoms with E-state index in [4.69, 9.17) is 20.4 Å². The van der Waals surface area contributed by atoms with Crippen molar-refractivity contribution in [2.45, 2.75) is 16.1 Å². The predicted octanol–water partition coefficient (Wildman–Crippen LogP) is 3.53. The summed E-state index contributed by atoms with van der Waals surface area (Å²) < 4.78 is 36.0. The number of halogens is 1. The summed E-state index contributed by atoms with van der Waals surface area (Å²) in [6.45, 7) is 0. The van der Waals surface area contributed by atoms with E-state index in [1.807, 2.05) is 6.07 Å². The largest absolute Gasteiger partial charge is 0.447 e. The molecule has 0 fully saturated rings. The smallest absolute Gasteiger partial charge is 0.277 e. The van der Waals surface area contributed by atoms with Gasteiger partial charge in [-0.3, -0.25) is 0 Å². The highest BCUT2D eigenvalue weighted by Crippen LogP contribution is 2.28.